The lowest BCUT2D eigenvalue weighted by Gasteiger charge is -2.24. The molecule has 0 saturated heterocycles. The maximum absolute atomic E-state index is 12.7. The number of fused-ring (bicyclic) bond motifs is 1. The summed E-state index contributed by atoms with van der Waals surface area (Å²) in [7, 11) is 0. The number of ether oxygens (including phenoxy) is 1. The van der Waals surface area contributed by atoms with E-state index in [9.17, 15) is 14.7 Å². The lowest BCUT2D eigenvalue weighted by molar-refractivity contribution is -0.124. The van der Waals surface area contributed by atoms with Gasteiger partial charge in [0.2, 0.25) is 0 Å². The van der Waals surface area contributed by atoms with Crippen LogP contribution in [0.2, 0.25) is 0 Å². The minimum absolute atomic E-state index is 0.0907. The Kier molecular flexibility index (Phi) is 7.06. The maximum atomic E-state index is 12.7. The zero-order valence-electron chi connectivity index (χ0n) is 17.1. The molecule has 3 rings (SSSR count). The van der Waals surface area contributed by atoms with E-state index in [1.807, 2.05) is 6.07 Å². The molecule has 0 heterocycles. The van der Waals surface area contributed by atoms with Crippen LogP contribution < -0.4 is 10.8 Å². The molecule has 162 valence electrons. The molecular weight excluding hydrogens is 410 g/mol. The van der Waals surface area contributed by atoms with E-state index in [4.69, 9.17) is 15.2 Å². The van der Waals surface area contributed by atoms with Gasteiger partial charge in [0.1, 0.15) is 11.9 Å². The molecule has 0 saturated carbocycles. The van der Waals surface area contributed by atoms with Crippen molar-refractivity contribution in [2.45, 2.75) is 13.0 Å². The number of benzene rings is 3. The number of phenolic OH excluding ortho intramolecular Hbond substituents is 1. The topological polar surface area (TPSA) is 132 Å². The molecule has 0 bridgehead atoms. The van der Waals surface area contributed by atoms with Gasteiger partial charge in [-0.1, -0.05) is 43.3 Å². The van der Waals surface area contributed by atoms with Crippen LogP contribution >= 0.6 is 0 Å². The Morgan fingerprint density at radius 2 is 1.75 bits per heavy atom. The first-order chi connectivity index (χ1) is 15.4. The van der Waals surface area contributed by atoms with E-state index >= 15 is 0 Å². The summed E-state index contributed by atoms with van der Waals surface area (Å²) in [5.74, 6) is -1.09. The van der Waals surface area contributed by atoms with Crippen molar-refractivity contribution < 1.29 is 24.6 Å². The van der Waals surface area contributed by atoms with Gasteiger partial charge in [0, 0.05) is 28.6 Å². The largest absolute Gasteiger partial charge is 0.507 e. The zero-order valence-corrected chi connectivity index (χ0v) is 17.1. The second-order valence-corrected chi connectivity index (χ2v) is 7.05. The van der Waals surface area contributed by atoms with Crippen LogP contribution in [0.4, 0.5) is 10.5 Å². The molecule has 32 heavy (non-hydrogen) atoms. The summed E-state index contributed by atoms with van der Waals surface area (Å²) in [6.45, 7) is 1.75. The fourth-order valence-electron chi connectivity index (χ4n) is 3.28. The number of hydroxylamine groups is 1. The number of hydrogen-bond donors (Lipinski definition) is 4. The molecule has 0 aliphatic rings. The van der Waals surface area contributed by atoms with Crippen LogP contribution in [0.25, 0.3) is 10.8 Å². The standard InChI is InChI=1S/C24H21N3O5/c1-15(6-13-22(29)27-31)23(20-11-12-21(28)19-5-3-2-4-18(19)20)32-24(30)26-17-9-7-16(14-25)8-10-17/h2-13,15,23,28,31H,1H3,(H,26,30)(H,27,29)/b13-6+/t15-,23+/m0/s1. The number of hydrogen-bond acceptors (Lipinski definition) is 6. The van der Waals surface area contributed by atoms with E-state index in [0.29, 0.717) is 27.6 Å². The smallest absolute Gasteiger partial charge is 0.412 e. The fourth-order valence-corrected chi connectivity index (χ4v) is 3.28. The van der Waals surface area contributed by atoms with Gasteiger partial charge in [0.25, 0.3) is 5.91 Å². The minimum atomic E-state index is -0.818. The SMILES string of the molecule is C[C@@H](/C=C/C(=O)NO)[C@@H](OC(=O)Nc1ccc(C#N)cc1)c1ccc(O)c2ccccc12. The van der Waals surface area contributed by atoms with Gasteiger partial charge in [-0.15, -0.1) is 0 Å². The summed E-state index contributed by atoms with van der Waals surface area (Å²) >= 11 is 0. The van der Waals surface area contributed by atoms with E-state index in [-0.39, 0.29) is 5.75 Å². The Labute approximate surface area is 184 Å². The molecule has 0 spiro atoms. The number of phenols is 1. The highest BCUT2D eigenvalue weighted by atomic mass is 16.6. The van der Waals surface area contributed by atoms with Crippen molar-refractivity contribution in [1.82, 2.24) is 5.48 Å². The second-order valence-electron chi connectivity index (χ2n) is 7.05. The van der Waals surface area contributed by atoms with E-state index in [0.717, 1.165) is 6.08 Å². The highest BCUT2D eigenvalue weighted by molar-refractivity contribution is 5.92. The second kappa shape index (κ2) is 10.1. The lowest BCUT2D eigenvalue weighted by Crippen LogP contribution is -2.22. The normalized spacial score (nSPS) is 12.7. The first kappa shape index (κ1) is 22.3. The monoisotopic (exact) mass is 431 g/mol. The van der Waals surface area contributed by atoms with Gasteiger partial charge in [-0.25, -0.2) is 10.3 Å². The molecule has 0 radical (unpaired) electrons. The molecule has 3 aromatic carbocycles. The highest BCUT2D eigenvalue weighted by Crippen LogP contribution is 2.36. The Balaban J connectivity index is 1.93. The summed E-state index contributed by atoms with van der Waals surface area (Å²) in [4.78, 5) is 24.1. The van der Waals surface area contributed by atoms with Crippen molar-refractivity contribution in [2.24, 2.45) is 5.92 Å². The van der Waals surface area contributed by atoms with Gasteiger partial charge in [0.15, 0.2) is 0 Å². The summed E-state index contributed by atoms with van der Waals surface area (Å²) < 4.78 is 5.73. The molecule has 0 aliphatic heterocycles. The summed E-state index contributed by atoms with van der Waals surface area (Å²) in [6, 6.07) is 18.6. The van der Waals surface area contributed by atoms with Crippen molar-refractivity contribution in [1.29, 1.82) is 5.26 Å². The molecular formula is C24H21N3O5. The van der Waals surface area contributed by atoms with Crippen molar-refractivity contribution in [3.63, 3.8) is 0 Å². The fraction of sp³-hybridized carbons (Fsp3) is 0.125. The van der Waals surface area contributed by atoms with E-state index in [1.54, 1.807) is 61.5 Å². The Morgan fingerprint density at radius 1 is 1.06 bits per heavy atom. The van der Waals surface area contributed by atoms with Gasteiger partial charge < -0.3 is 9.84 Å². The number of nitrogens with zero attached hydrogens (tertiary/aromatic N) is 1. The van der Waals surface area contributed by atoms with Crippen LogP contribution in [-0.2, 0) is 9.53 Å². The van der Waals surface area contributed by atoms with Crippen LogP contribution in [0, 0.1) is 17.2 Å². The molecule has 0 aromatic heterocycles. The van der Waals surface area contributed by atoms with Crippen molar-refractivity contribution >= 4 is 28.5 Å². The van der Waals surface area contributed by atoms with Crippen LogP contribution in [0.5, 0.6) is 5.75 Å². The number of aromatic hydroxyl groups is 1. The molecule has 0 unspecified atom stereocenters. The molecule has 3 aromatic rings. The lowest BCUT2D eigenvalue weighted by atomic mass is 9.92. The van der Waals surface area contributed by atoms with Crippen LogP contribution in [0.3, 0.4) is 0 Å². The number of carbonyl (C=O) groups is 2. The van der Waals surface area contributed by atoms with Crippen molar-refractivity contribution in [3.8, 4) is 11.8 Å². The van der Waals surface area contributed by atoms with Gasteiger partial charge in [0.05, 0.1) is 11.6 Å². The van der Waals surface area contributed by atoms with Crippen LogP contribution in [-0.4, -0.2) is 22.3 Å². The minimum Gasteiger partial charge on any atom is -0.507 e. The third-order valence-electron chi connectivity index (χ3n) is 4.87. The molecule has 8 heteroatoms. The Bertz CT molecular complexity index is 1200. The number of carbonyl (C=O) groups excluding carboxylic acids is 2. The number of nitriles is 1. The maximum Gasteiger partial charge on any atom is 0.412 e. The van der Waals surface area contributed by atoms with Crippen molar-refractivity contribution in [3.05, 3.63) is 83.9 Å². The first-order valence-electron chi connectivity index (χ1n) is 9.73. The number of nitrogens with one attached hydrogen (secondary N) is 2. The Morgan fingerprint density at radius 3 is 2.41 bits per heavy atom. The molecule has 2 amide bonds. The van der Waals surface area contributed by atoms with Crippen molar-refractivity contribution in [2.75, 3.05) is 5.32 Å². The van der Waals surface area contributed by atoms with Gasteiger partial charge in [-0.2, -0.15) is 5.26 Å². The van der Waals surface area contributed by atoms with Crippen LogP contribution in [0.15, 0.2) is 72.8 Å². The van der Waals surface area contributed by atoms with Gasteiger partial charge >= 0.3 is 6.09 Å². The predicted octanol–water partition coefficient (Wildman–Crippen LogP) is 4.40. The van der Waals surface area contributed by atoms with E-state index in [1.165, 1.54) is 17.6 Å². The quantitative estimate of drug-likeness (QED) is 0.260. The number of amides is 2. The van der Waals surface area contributed by atoms with E-state index < -0.39 is 24.0 Å². The summed E-state index contributed by atoms with van der Waals surface area (Å²) in [5, 5.41) is 31.7. The summed E-state index contributed by atoms with van der Waals surface area (Å²) in [6.07, 6.45) is 1.10. The molecule has 0 aliphatic carbocycles. The summed E-state index contributed by atoms with van der Waals surface area (Å²) in [5.41, 5.74) is 3.06. The number of rotatable bonds is 6. The molecule has 4 N–H and O–H groups in total. The third kappa shape index (κ3) is 5.22. The average Bonchev–Trinajstić information content (AvgIpc) is 2.82. The highest BCUT2D eigenvalue weighted by Gasteiger charge is 2.25. The average molecular weight is 431 g/mol. The molecule has 0 fully saturated rings. The molecule has 8 nitrogen and oxygen atoms in total. The van der Waals surface area contributed by atoms with E-state index in [2.05, 4.69) is 5.32 Å². The number of anilines is 1. The van der Waals surface area contributed by atoms with Crippen LogP contribution in [0.1, 0.15) is 24.2 Å². The predicted molar refractivity (Wildman–Crippen MR) is 118 cm³/mol. The van der Waals surface area contributed by atoms with Gasteiger partial charge in [-0.3, -0.25) is 15.3 Å². The van der Waals surface area contributed by atoms with Gasteiger partial charge in [-0.05, 0) is 35.7 Å². The third-order valence-corrected chi connectivity index (χ3v) is 4.87. The Hall–Kier alpha value is -4.35. The molecule has 2 atom stereocenters. The first-order valence-corrected chi connectivity index (χ1v) is 9.73. The zero-order chi connectivity index (χ0) is 23.1.